The molecule has 0 aliphatic carbocycles. The number of carbonyl (C=O) groups is 2. The summed E-state index contributed by atoms with van der Waals surface area (Å²) in [5.41, 5.74) is 3.84. The molecule has 1 aromatic heterocycles. The first-order chi connectivity index (χ1) is 11.0. The molecule has 0 bridgehead atoms. The highest BCUT2D eigenvalue weighted by Crippen LogP contribution is 2.29. The van der Waals surface area contributed by atoms with Crippen LogP contribution in [0.5, 0.6) is 5.75 Å². The molecule has 7 heteroatoms. The third kappa shape index (κ3) is 2.90. The fraction of sp³-hybridized carbons (Fsp3) is 0.312. The van der Waals surface area contributed by atoms with Gasteiger partial charge in [-0.05, 0) is 39.0 Å². The summed E-state index contributed by atoms with van der Waals surface area (Å²) in [6.07, 6.45) is 0. The average Bonchev–Trinajstić information content (AvgIpc) is 2.85. The summed E-state index contributed by atoms with van der Waals surface area (Å²) in [4.78, 5) is 23.7. The van der Waals surface area contributed by atoms with Crippen LogP contribution in [0.2, 0.25) is 0 Å². The van der Waals surface area contributed by atoms with Crippen molar-refractivity contribution < 1.29 is 14.3 Å². The summed E-state index contributed by atoms with van der Waals surface area (Å²) in [7, 11) is 0. The van der Waals surface area contributed by atoms with Gasteiger partial charge in [0.05, 0.1) is 17.4 Å². The van der Waals surface area contributed by atoms with E-state index in [9.17, 15) is 9.59 Å². The predicted molar refractivity (Wildman–Crippen MR) is 84.5 cm³/mol. The van der Waals surface area contributed by atoms with Crippen LogP contribution in [0.4, 0.5) is 5.69 Å². The first-order valence-electron chi connectivity index (χ1n) is 7.34. The standard InChI is InChI=1S/C16H18N4O3/c1-8(15-9(2)19-20-10(15)3)17-16(22)11-4-5-12-13(6-11)23-7-14(21)18-12/h4-6,8H,7H2,1-3H3,(H,17,22)(H,18,21)(H,19,20)/t8-/m1/s1. The second kappa shape index (κ2) is 5.75. The molecule has 0 fully saturated rings. The van der Waals surface area contributed by atoms with Crippen LogP contribution in [0.25, 0.3) is 0 Å². The number of carbonyl (C=O) groups excluding carboxylic acids is 2. The number of benzene rings is 1. The summed E-state index contributed by atoms with van der Waals surface area (Å²) in [5.74, 6) is 0.0932. The topological polar surface area (TPSA) is 96.1 Å². The number of nitrogens with one attached hydrogen (secondary N) is 3. The summed E-state index contributed by atoms with van der Waals surface area (Å²) >= 11 is 0. The molecule has 2 heterocycles. The SMILES string of the molecule is Cc1n[nH]c(C)c1[C@@H](C)NC(=O)c1ccc2c(c1)OCC(=O)N2. The molecule has 2 amide bonds. The molecular weight excluding hydrogens is 296 g/mol. The lowest BCUT2D eigenvalue weighted by molar-refractivity contribution is -0.118. The number of rotatable bonds is 3. The Bertz CT molecular complexity index is 762. The Morgan fingerprint density at radius 2 is 2.17 bits per heavy atom. The maximum absolute atomic E-state index is 12.4. The number of hydrogen-bond donors (Lipinski definition) is 3. The van der Waals surface area contributed by atoms with Crippen molar-refractivity contribution in [1.82, 2.24) is 15.5 Å². The molecule has 23 heavy (non-hydrogen) atoms. The van der Waals surface area contributed by atoms with Gasteiger partial charge in [-0.15, -0.1) is 0 Å². The van der Waals surface area contributed by atoms with Gasteiger partial charge in [0.1, 0.15) is 5.75 Å². The number of hydrogen-bond acceptors (Lipinski definition) is 4. The molecule has 1 aliphatic heterocycles. The molecule has 1 aliphatic rings. The van der Waals surface area contributed by atoms with Gasteiger partial charge in [0.15, 0.2) is 6.61 Å². The zero-order chi connectivity index (χ0) is 16.6. The second-order valence-corrected chi connectivity index (χ2v) is 5.59. The number of aromatic amines is 1. The molecule has 120 valence electrons. The van der Waals surface area contributed by atoms with E-state index in [0.29, 0.717) is 17.0 Å². The largest absolute Gasteiger partial charge is 0.482 e. The fourth-order valence-corrected chi connectivity index (χ4v) is 2.77. The predicted octanol–water partition coefficient (Wildman–Crippen LogP) is 1.85. The number of fused-ring (bicyclic) bond motifs is 1. The Labute approximate surface area is 133 Å². The van der Waals surface area contributed by atoms with E-state index in [0.717, 1.165) is 17.0 Å². The Hall–Kier alpha value is -2.83. The quantitative estimate of drug-likeness (QED) is 0.805. The fourth-order valence-electron chi connectivity index (χ4n) is 2.77. The van der Waals surface area contributed by atoms with E-state index in [1.54, 1.807) is 18.2 Å². The number of aromatic nitrogens is 2. The number of amides is 2. The van der Waals surface area contributed by atoms with Crippen LogP contribution in [-0.2, 0) is 4.79 Å². The van der Waals surface area contributed by atoms with Gasteiger partial charge in [-0.3, -0.25) is 14.7 Å². The van der Waals surface area contributed by atoms with Crippen LogP contribution >= 0.6 is 0 Å². The van der Waals surface area contributed by atoms with Crippen molar-refractivity contribution in [3.05, 3.63) is 40.7 Å². The van der Waals surface area contributed by atoms with Crippen molar-refractivity contribution in [2.45, 2.75) is 26.8 Å². The monoisotopic (exact) mass is 314 g/mol. The average molecular weight is 314 g/mol. The van der Waals surface area contributed by atoms with Gasteiger partial charge < -0.3 is 15.4 Å². The van der Waals surface area contributed by atoms with Gasteiger partial charge in [-0.1, -0.05) is 0 Å². The number of aryl methyl sites for hydroxylation is 2. The van der Waals surface area contributed by atoms with Crippen LogP contribution in [0, 0.1) is 13.8 Å². The summed E-state index contributed by atoms with van der Waals surface area (Å²) in [5, 5.41) is 12.7. The smallest absolute Gasteiger partial charge is 0.262 e. The lowest BCUT2D eigenvalue weighted by atomic mass is 10.1. The van der Waals surface area contributed by atoms with Crippen LogP contribution in [0.3, 0.4) is 0 Å². The number of anilines is 1. The normalized spacial score (nSPS) is 14.5. The van der Waals surface area contributed by atoms with E-state index in [4.69, 9.17) is 4.74 Å². The second-order valence-electron chi connectivity index (χ2n) is 5.59. The molecule has 1 atom stereocenters. The molecule has 0 unspecified atom stereocenters. The molecule has 0 saturated heterocycles. The van der Waals surface area contributed by atoms with Crippen LogP contribution in [0.15, 0.2) is 18.2 Å². The van der Waals surface area contributed by atoms with Gasteiger partial charge >= 0.3 is 0 Å². The van der Waals surface area contributed by atoms with Gasteiger partial charge in [-0.2, -0.15) is 5.10 Å². The molecule has 0 radical (unpaired) electrons. The van der Waals surface area contributed by atoms with E-state index in [1.165, 1.54) is 0 Å². The van der Waals surface area contributed by atoms with Crippen molar-refractivity contribution in [2.75, 3.05) is 11.9 Å². The Morgan fingerprint density at radius 1 is 1.39 bits per heavy atom. The van der Waals surface area contributed by atoms with Crippen molar-refractivity contribution >= 4 is 17.5 Å². The van der Waals surface area contributed by atoms with E-state index < -0.39 is 0 Å². The highest BCUT2D eigenvalue weighted by Gasteiger charge is 2.20. The van der Waals surface area contributed by atoms with Crippen LogP contribution in [-0.4, -0.2) is 28.6 Å². The van der Waals surface area contributed by atoms with E-state index in [-0.39, 0.29) is 24.5 Å². The Balaban J connectivity index is 1.77. The molecule has 7 nitrogen and oxygen atoms in total. The molecule has 3 rings (SSSR count). The zero-order valence-corrected chi connectivity index (χ0v) is 13.2. The van der Waals surface area contributed by atoms with Crippen molar-refractivity contribution in [2.24, 2.45) is 0 Å². The van der Waals surface area contributed by atoms with Gasteiger partial charge in [0, 0.05) is 16.8 Å². The Morgan fingerprint density at radius 3 is 2.87 bits per heavy atom. The first-order valence-corrected chi connectivity index (χ1v) is 7.34. The number of H-pyrrole nitrogens is 1. The van der Waals surface area contributed by atoms with Crippen molar-refractivity contribution in [3.63, 3.8) is 0 Å². The lowest BCUT2D eigenvalue weighted by Gasteiger charge is -2.19. The summed E-state index contributed by atoms with van der Waals surface area (Å²) < 4.78 is 5.33. The first kappa shape index (κ1) is 15.1. The number of nitrogens with zero attached hydrogens (tertiary/aromatic N) is 1. The third-order valence-electron chi connectivity index (χ3n) is 3.84. The molecule has 3 N–H and O–H groups in total. The molecule has 1 aromatic carbocycles. The van der Waals surface area contributed by atoms with Gasteiger partial charge in [0.25, 0.3) is 11.8 Å². The number of ether oxygens (including phenoxy) is 1. The zero-order valence-electron chi connectivity index (χ0n) is 13.2. The summed E-state index contributed by atoms with van der Waals surface area (Å²) in [6, 6.07) is 4.79. The molecule has 2 aromatic rings. The van der Waals surface area contributed by atoms with E-state index >= 15 is 0 Å². The highest BCUT2D eigenvalue weighted by molar-refractivity contribution is 5.99. The van der Waals surface area contributed by atoms with Crippen molar-refractivity contribution in [3.8, 4) is 5.75 Å². The Kier molecular flexibility index (Phi) is 3.77. The van der Waals surface area contributed by atoms with E-state index in [1.807, 2.05) is 20.8 Å². The molecule has 0 spiro atoms. The minimum Gasteiger partial charge on any atom is -0.482 e. The lowest BCUT2D eigenvalue weighted by Crippen LogP contribution is -2.28. The molecule has 0 saturated carbocycles. The van der Waals surface area contributed by atoms with Gasteiger partial charge in [-0.25, -0.2) is 0 Å². The molecular formula is C16H18N4O3. The van der Waals surface area contributed by atoms with Gasteiger partial charge in [0.2, 0.25) is 0 Å². The third-order valence-corrected chi connectivity index (χ3v) is 3.84. The van der Waals surface area contributed by atoms with Crippen LogP contribution in [0.1, 0.15) is 40.3 Å². The maximum atomic E-state index is 12.4. The minimum absolute atomic E-state index is 0.0398. The summed E-state index contributed by atoms with van der Waals surface area (Å²) in [6.45, 7) is 5.70. The van der Waals surface area contributed by atoms with E-state index in [2.05, 4.69) is 20.8 Å². The van der Waals surface area contributed by atoms with Crippen molar-refractivity contribution in [1.29, 1.82) is 0 Å². The highest BCUT2D eigenvalue weighted by atomic mass is 16.5. The van der Waals surface area contributed by atoms with Crippen LogP contribution < -0.4 is 15.4 Å². The minimum atomic E-state index is -0.208. The maximum Gasteiger partial charge on any atom is 0.262 e.